The second-order valence-electron chi connectivity index (χ2n) is 5.49. The number of hydrogen-bond acceptors (Lipinski definition) is 2. The summed E-state index contributed by atoms with van der Waals surface area (Å²) in [6.45, 7) is 2.90. The van der Waals surface area contributed by atoms with E-state index in [1.807, 2.05) is 0 Å². The van der Waals surface area contributed by atoms with Crippen LogP contribution in [-0.4, -0.2) is 13.0 Å². The van der Waals surface area contributed by atoms with E-state index in [-0.39, 0.29) is 30.0 Å². The van der Waals surface area contributed by atoms with Gasteiger partial charge in [0.25, 0.3) is 0 Å². The standard InChI is InChI=1S/C19H21N3S.HI/c1-14(18-8-5-11-23-18)22-19(20-2)21-13-15-9-10-16-6-3-4-7-17(16)12-15;/h3-12,14H,13H2,1-2H3,(H2,20,21,22);1H. The molecule has 0 bridgehead atoms. The number of guanidine groups is 1. The highest BCUT2D eigenvalue weighted by atomic mass is 127. The third-order valence-electron chi connectivity index (χ3n) is 3.82. The molecule has 0 aliphatic rings. The molecule has 0 radical (unpaired) electrons. The first-order valence-electron chi connectivity index (χ1n) is 7.74. The second-order valence-corrected chi connectivity index (χ2v) is 6.47. The van der Waals surface area contributed by atoms with Crippen LogP contribution in [0.3, 0.4) is 0 Å². The summed E-state index contributed by atoms with van der Waals surface area (Å²) in [5.41, 5.74) is 1.25. The van der Waals surface area contributed by atoms with E-state index < -0.39 is 0 Å². The molecule has 0 saturated carbocycles. The number of halogens is 1. The van der Waals surface area contributed by atoms with Gasteiger partial charge in [-0.15, -0.1) is 35.3 Å². The monoisotopic (exact) mass is 451 g/mol. The van der Waals surface area contributed by atoms with Gasteiger partial charge in [-0.25, -0.2) is 0 Å². The van der Waals surface area contributed by atoms with Crippen molar-refractivity contribution in [2.75, 3.05) is 7.05 Å². The lowest BCUT2D eigenvalue weighted by atomic mass is 10.1. The van der Waals surface area contributed by atoms with Gasteiger partial charge in [-0.1, -0.05) is 42.5 Å². The quantitative estimate of drug-likeness (QED) is 0.335. The maximum absolute atomic E-state index is 4.31. The fourth-order valence-corrected chi connectivity index (χ4v) is 3.28. The van der Waals surface area contributed by atoms with Crippen LogP contribution < -0.4 is 10.6 Å². The van der Waals surface area contributed by atoms with Gasteiger partial charge in [-0.2, -0.15) is 0 Å². The number of hydrogen-bond donors (Lipinski definition) is 2. The van der Waals surface area contributed by atoms with Crippen molar-refractivity contribution in [3.8, 4) is 0 Å². The molecule has 0 fully saturated rings. The molecule has 3 nitrogen and oxygen atoms in total. The summed E-state index contributed by atoms with van der Waals surface area (Å²) in [7, 11) is 1.80. The summed E-state index contributed by atoms with van der Waals surface area (Å²) in [6.07, 6.45) is 0. The first-order valence-corrected chi connectivity index (χ1v) is 8.62. The number of aliphatic imine (C=N–C) groups is 1. The molecule has 2 aromatic carbocycles. The Kier molecular flexibility index (Phi) is 7.05. The Morgan fingerprint density at radius 2 is 1.88 bits per heavy atom. The lowest BCUT2D eigenvalue weighted by Gasteiger charge is -2.17. The van der Waals surface area contributed by atoms with Gasteiger partial charge < -0.3 is 10.6 Å². The van der Waals surface area contributed by atoms with Crippen LogP contribution in [0.2, 0.25) is 0 Å². The first kappa shape index (κ1) is 18.7. The fourth-order valence-electron chi connectivity index (χ4n) is 2.54. The highest BCUT2D eigenvalue weighted by Crippen LogP contribution is 2.18. The van der Waals surface area contributed by atoms with Crippen molar-refractivity contribution in [2.45, 2.75) is 19.5 Å². The van der Waals surface area contributed by atoms with Crippen LogP contribution in [0.4, 0.5) is 0 Å². The van der Waals surface area contributed by atoms with Crippen LogP contribution in [0, 0.1) is 0 Å². The summed E-state index contributed by atoms with van der Waals surface area (Å²) < 4.78 is 0. The zero-order valence-electron chi connectivity index (χ0n) is 13.8. The minimum atomic E-state index is 0. The molecule has 24 heavy (non-hydrogen) atoms. The molecule has 0 spiro atoms. The molecule has 1 aromatic heterocycles. The lowest BCUT2D eigenvalue weighted by Crippen LogP contribution is -2.38. The van der Waals surface area contributed by atoms with Crippen molar-refractivity contribution in [1.82, 2.24) is 10.6 Å². The van der Waals surface area contributed by atoms with E-state index in [9.17, 15) is 0 Å². The van der Waals surface area contributed by atoms with Crippen LogP contribution in [-0.2, 0) is 6.54 Å². The van der Waals surface area contributed by atoms with Crippen molar-refractivity contribution < 1.29 is 0 Å². The Hall–Kier alpha value is -1.60. The van der Waals surface area contributed by atoms with E-state index in [1.54, 1.807) is 18.4 Å². The van der Waals surface area contributed by atoms with E-state index in [0.29, 0.717) is 0 Å². The van der Waals surface area contributed by atoms with Gasteiger partial charge in [0.1, 0.15) is 0 Å². The molecule has 5 heteroatoms. The Bertz CT molecular complexity index is 799. The average molecular weight is 451 g/mol. The van der Waals surface area contributed by atoms with Crippen LogP contribution >= 0.6 is 35.3 Å². The maximum Gasteiger partial charge on any atom is 0.191 e. The average Bonchev–Trinajstić information content (AvgIpc) is 3.13. The van der Waals surface area contributed by atoms with Gasteiger partial charge >= 0.3 is 0 Å². The van der Waals surface area contributed by atoms with E-state index in [0.717, 1.165) is 12.5 Å². The zero-order chi connectivity index (χ0) is 16.1. The summed E-state index contributed by atoms with van der Waals surface area (Å²) in [6, 6.07) is 19.4. The zero-order valence-corrected chi connectivity index (χ0v) is 17.0. The number of nitrogens with zero attached hydrogens (tertiary/aromatic N) is 1. The molecule has 3 rings (SSSR count). The minimum absolute atomic E-state index is 0. The van der Waals surface area contributed by atoms with E-state index in [1.165, 1.54) is 21.2 Å². The summed E-state index contributed by atoms with van der Waals surface area (Å²) in [4.78, 5) is 5.62. The van der Waals surface area contributed by atoms with Crippen LogP contribution in [0.1, 0.15) is 23.4 Å². The number of rotatable bonds is 4. The number of benzene rings is 2. The minimum Gasteiger partial charge on any atom is -0.352 e. The largest absolute Gasteiger partial charge is 0.352 e. The molecule has 3 aromatic rings. The Balaban J connectivity index is 0.00000208. The highest BCUT2D eigenvalue weighted by Gasteiger charge is 2.08. The van der Waals surface area contributed by atoms with Crippen molar-refractivity contribution in [3.63, 3.8) is 0 Å². The first-order chi connectivity index (χ1) is 11.3. The van der Waals surface area contributed by atoms with Gasteiger partial charge in [0.15, 0.2) is 5.96 Å². The molecule has 126 valence electrons. The predicted molar refractivity (Wildman–Crippen MR) is 115 cm³/mol. The van der Waals surface area contributed by atoms with Crippen molar-refractivity contribution in [3.05, 3.63) is 70.4 Å². The number of nitrogens with one attached hydrogen (secondary N) is 2. The van der Waals surface area contributed by atoms with E-state index in [4.69, 9.17) is 0 Å². The molecule has 1 unspecified atom stereocenters. The van der Waals surface area contributed by atoms with Gasteiger partial charge in [0.2, 0.25) is 0 Å². The molecule has 1 heterocycles. The molecule has 2 N–H and O–H groups in total. The molecule has 0 amide bonds. The molecule has 0 aliphatic carbocycles. The van der Waals surface area contributed by atoms with E-state index >= 15 is 0 Å². The Morgan fingerprint density at radius 1 is 1.08 bits per heavy atom. The third kappa shape index (κ3) is 4.70. The number of thiophene rings is 1. The molecular formula is C19H22IN3S. The number of fused-ring (bicyclic) bond motifs is 1. The Morgan fingerprint density at radius 3 is 2.58 bits per heavy atom. The van der Waals surface area contributed by atoms with Crippen LogP contribution in [0.5, 0.6) is 0 Å². The second kappa shape index (κ2) is 9.03. The molecule has 1 atom stereocenters. The third-order valence-corrected chi connectivity index (χ3v) is 4.88. The molecular weight excluding hydrogens is 429 g/mol. The Labute approximate surface area is 164 Å². The van der Waals surface area contributed by atoms with Crippen molar-refractivity contribution in [1.29, 1.82) is 0 Å². The van der Waals surface area contributed by atoms with Crippen molar-refractivity contribution in [2.24, 2.45) is 4.99 Å². The van der Waals surface area contributed by atoms with Gasteiger partial charge in [0, 0.05) is 18.5 Å². The SMILES string of the molecule is CN=C(NCc1ccc2ccccc2c1)NC(C)c1cccs1.I. The topological polar surface area (TPSA) is 36.4 Å². The highest BCUT2D eigenvalue weighted by molar-refractivity contribution is 14.0. The maximum atomic E-state index is 4.31. The van der Waals surface area contributed by atoms with E-state index in [2.05, 4.69) is 82.5 Å². The lowest BCUT2D eigenvalue weighted by molar-refractivity contribution is 0.697. The summed E-state index contributed by atoms with van der Waals surface area (Å²) in [5, 5.41) is 11.4. The van der Waals surface area contributed by atoms with Crippen molar-refractivity contribution >= 4 is 52.0 Å². The predicted octanol–water partition coefficient (Wildman–Crippen LogP) is 4.95. The fraction of sp³-hybridized carbons (Fsp3) is 0.211. The van der Waals surface area contributed by atoms with Gasteiger partial charge in [-0.05, 0) is 40.8 Å². The smallest absolute Gasteiger partial charge is 0.191 e. The van der Waals surface area contributed by atoms with Gasteiger partial charge in [0.05, 0.1) is 6.04 Å². The van der Waals surface area contributed by atoms with Crippen LogP contribution in [0.15, 0.2) is 65.0 Å². The normalized spacial score (nSPS) is 12.5. The van der Waals surface area contributed by atoms with Gasteiger partial charge in [-0.3, -0.25) is 4.99 Å². The summed E-state index contributed by atoms with van der Waals surface area (Å²) in [5.74, 6) is 0.819. The molecule has 0 saturated heterocycles. The van der Waals surface area contributed by atoms with Crippen LogP contribution in [0.25, 0.3) is 10.8 Å². The molecule has 0 aliphatic heterocycles. The summed E-state index contributed by atoms with van der Waals surface area (Å²) >= 11 is 1.75.